The first-order valence-corrected chi connectivity index (χ1v) is 11.9. The minimum Gasteiger partial charge on any atom is -0.444 e. The zero-order chi connectivity index (χ0) is 22.2. The van der Waals surface area contributed by atoms with Gasteiger partial charge in [-0.15, -0.1) is 24.0 Å². The van der Waals surface area contributed by atoms with Crippen LogP contribution in [-0.4, -0.2) is 73.6 Å². The number of guanidine groups is 1. The van der Waals surface area contributed by atoms with E-state index >= 15 is 0 Å². The molecule has 11 heteroatoms. The second kappa shape index (κ2) is 12.4. The fraction of sp³-hybridized carbons (Fsp3) is 0.650. The molecule has 1 aliphatic rings. The summed E-state index contributed by atoms with van der Waals surface area (Å²) in [4.78, 5) is 22.5. The van der Waals surface area contributed by atoms with Crippen LogP contribution < -0.4 is 10.6 Å². The third kappa shape index (κ3) is 10.5. The highest BCUT2D eigenvalue weighted by molar-refractivity contribution is 14.0. The van der Waals surface area contributed by atoms with E-state index in [9.17, 15) is 13.2 Å². The molecule has 1 atom stereocenters. The van der Waals surface area contributed by atoms with Crippen molar-refractivity contribution in [2.24, 2.45) is 4.99 Å². The Bertz CT molecular complexity index is 828. The molecule has 2 heterocycles. The Morgan fingerprint density at radius 1 is 1.39 bits per heavy atom. The third-order valence-electron chi connectivity index (χ3n) is 4.44. The van der Waals surface area contributed by atoms with Crippen LogP contribution in [0.25, 0.3) is 0 Å². The maximum absolute atomic E-state index is 12.6. The number of rotatable bonds is 7. The summed E-state index contributed by atoms with van der Waals surface area (Å²) < 4.78 is 28.7. The fourth-order valence-corrected chi connectivity index (χ4v) is 4.72. The lowest BCUT2D eigenvalue weighted by atomic mass is 10.2. The number of halogens is 1. The number of hydrogen-bond acceptors (Lipinski definition) is 6. The van der Waals surface area contributed by atoms with Crippen LogP contribution in [0.1, 0.15) is 39.2 Å². The highest BCUT2D eigenvalue weighted by Gasteiger charge is 2.28. The topological polar surface area (TPSA) is 113 Å². The molecule has 2 rings (SSSR count). The molecule has 1 saturated heterocycles. The summed E-state index contributed by atoms with van der Waals surface area (Å²) in [6.07, 6.45) is 4.31. The first-order chi connectivity index (χ1) is 14.1. The van der Waals surface area contributed by atoms with Gasteiger partial charge in [-0.3, -0.25) is 9.98 Å². The van der Waals surface area contributed by atoms with Crippen LogP contribution in [0, 0.1) is 0 Å². The lowest BCUT2D eigenvalue weighted by Gasteiger charge is -2.27. The summed E-state index contributed by atoms with van der Waals surface area (Å²) in [6, 6.07) is 3.64. The van der Waals surface area contributed by atoms with Crippen molar-refractivity contribution >= 4 is 45.9 Å². The Morgan fingerprint density at radius 2 is 2.13 bits per heavy atom. The van der Waals surface area contributed by atoms with E-state index in [4.69, 9.17) is 4.74 Å². The molecule has 1 aromatic heterocycles. The summed E-state index contributed by atoms with van der Waals surface area (Å²) in [5, 5.41) is 6.33. The van der Waals surface area contributed by atoms with Gasteiger partial charge in [0.25, 0.3) is 0 Å². The summed E-state index contributed by atoms with van der Waals surface area (Å²) in [5.41, 5.74) is 0.354. The number of aliphatic imine (C=N–C) groups is 1. The van der Waals surface area contributed by atoms with Crippen molar-refractivity contribution < 1.29 is 17.9 Å². The van der Waals surface area contributed by atoms with Gasteiger partial charge in [-0.2, -0.15) is 0 Å². The molecule has 0 aliphatic carbocycles. The lowest BCUT2D eigenvalue weighted by molar-refractivity contribution is 0.0232. The minimum absolute atomic E-state index is 0. The Hall–Kier alpha value is -1.63. The standard InChI is InChI=1S/C20H33N5O4S.HI/c1-20(2,3)29-19(26)25(14-16-7-5-9-22-13-16)11-6-10-23-18(21-4)24-17-8-12-30(27,28)15-17;/h5,7,9,13,17H,6,8,10-12,14-15H2,1-4H3,(H2,21,23,24);1H. The number of nitrogens with zero attached hydrogens (tertiary/aromatic N) is 3. The molecule has 1 aliphatic heterocycles. The van der Waals surface area contributed by atoms with Crippen LogP contribution in [-0.2, 0) is 21.1 Å². The Morgan fingerprint density at radius 3 is 2.68 bits per heavy atom. The highest BCUT2D eigenvalue weighted by Crippen LogP contribution is 2.13. The molecule has 1 unspecified atom stereocenters. The van der Waals surface area contributed by atoms with Crippen molar-refractivity contribution in [2.45, 2.75) is 51.8 Å². The van der Waals surface area contributed by atoms with Crippen molar-refractivity contribution in [1.82, 2.24) is 20.5 Å². The molecule has 31 heavy (non-hydrogen) atoms. The van der Waals surface area contributed by atoms with Crippen LogP contribution in [0.3, 0.4) is 0 Å². The number of pyridine rings is 1. The fourth-order valence-electron chi connectivity index (χ4n) is 3.05. The number of amides is 1. The third-order valence-corrected chi connectivity index (χ3v) is 6.21. The van der Waals surface area contributed by atoms with Crippen LogP contribution in [0.15, 0.2) is 29.5 Å². The first kappa shape index (κ1) is 27.4. The number of nitrogens with one attached hydrogen (secondary N) is 2. The summed E-state index contributed by atoms with van der Waals surface area (Å²) in [6.45, 7) is 7.00. The van der Waals surface area contributed by atoms with Crippen LogP contribution in [0.2, 0.25) is 0 Å². The van der Waals surface area contributed by atoms with E-state index in [-0.39, 0.29) is 47.6 Å². The number of carbonyl (C=O) groups is 1. The van der Waals surface area contributed by atoms with Crippen LogP contribution >= 0.6 is 24.0 Å². The molecule has 1 aromatic rings. The van der Waals surface area contributed by atoms with Gasteiger partial charge < -0.3 is 20.3 Å². The summed E-state index contributed by atoms with van der Waals surface area (Å²) >= 11 is 0. The molecular formula is C20H34IN5O4S. The zero-order valence-electron chi connectivity index (χ0n) is 18.6. The van der Waals surface area contributed by atoms with E-state index in [0.29, 0.717) is 38.4 Å². The Kier molecular flexibility index (Phi) is 11.0. The molecule has 1 amide bonds. The maximum Gasteiger partial charge on any atom is 0.410 e. The summed E-state index contributed by atoms with van der Waals surface area (Å²) in [5.74, 6) is 0.902. The van der Waals surface area contributed by atoms with Gasteiger partial charge in [0, 0.05) is 38.6 Å². The molecule has 0 aromatic carbocycles. The van der Waals surface area contributed by atoms with Gasteiger partial charge in [0.1, 0.15) is 5.60 Å². The highest BCUT2D eigenvalue weighted by atomic mass is 127. The van der Waals surface area contributed by atoms with Gasteiger partial charge in [0.15, 0.2) is 15.8 Å². The van der Waals surface area contributed by atoms with E-state index in [0.717, 1.165) is 5.56 Å². The number of carbonyl (C=O) groups excluding carboxylic acids is 1. The van der Waals surface area contributed by atoms with E-state index in [1.165, 1.54) is 0 Å². The average molecular weight is 567 g/mol. The van der Waals surface area contributed by atoms with Gasteiger partial charge in [-0.05, 0) is 45.2 Å². The van der Waals surface area contributed by atoms with E-state index in [1.54, 1.807) is 24.3 Å². The molecule has 2 N–H and O–H groups in total. The predicted molar refractivity (Wildman–Crippen MR) is 132 cm³/mol. The maximum atomic E-state index is 12.6. The quantitative estimate of drug-likeness (QED) is 0.225. The summed E-state index contributed by atoms with van der Waals surface area (Å²) in [7, 11) is -1.30. The van der Waals surface area contributed by atoms with E-state index < -0.39 is 15.4 Å². The number of ether oxygens (including phenoxy) is 1. The van der Waals surface area contributed by atoms with Gasteiger partial charge in [-0.25, -0.2) is 13.2 Å². The zero-order valence-corrected chi connectivity index (χ0v) is 21.8. The van der Waals surface area contributed by atoms with E-state index in [1.807, 2.05) is 32.9 Å². The molecule has 0 spiro atoms. The SMILES string of the molecule is CN=C(NCCCN(Cc1cccnc1)C(=O)OC(C)(C)C)NC1CCS(=O)(=O)C1.I. The van der Waals surface area contributed by atoms with Crippen molar-refractivity contribution in [3.05, 3.63) is 30.1 Å². The molecule has 0 bridgehead atoms. The molecule has 0 saturated carbocycles. The van der Waals surface area contributed by atoms with Crippen LogP contribution in [0.5, 0.6) is 0 Å². The smallest absolute Gasteiger partial charge is 0.410 e. The first-order valence-electron chi connectivity index (χ1n) is 10.1. The molecule has 0 radical (unpaired) electrons. The Balaban J connectivity index is 0.00000480. The van der Waals surface area contributed by atoms with Crippen molar-refractivity contribution in [3.8, 4) is 0 Å². The van der Waals surface area contributed by atoms with Gasteiger partial charge in [0.05, 0.1) is 18.1 Å². The predicted octanol–water partition coefficient (Wildman–Crippen LogP) is 2.18. The largest absolute Gasteiger partial charge is 0.444 e. The van der Waals surface area contributed by atoms with Gasteiger partial charge >= 0.3 is 6.09 Å². The number of aromatic nitrogens is 1. The van der Waals surface area contributed by atoms with Crippen molar-refractivity contribution in [3.63, 3.8) is 0 Å². The second-order valence-electron chi connectivity index (χ2n) is 8.36. The molecular weight excluding hydrogens is 533 g/mol. The average Bonchev–Trinajstić information content (AvgIpc) is 3.01. The Labute approximate surface area is 202 Å². The lowest BCUT2D eigenvalue weighted by Crippen LogP contribution is -2.45. The molecule has 9 nitrogen and oxygen atoms in total. The second-order valence-corrected chi connectivity index (χ2v) is 10.6. The van der Waals surface area contributed by atoms with Crippen LogP contribution in [0.4, 0.5) is 4.79 Å². The molecule has 1 fully saturated rings. The number of hydrogen-bond donors (Lipinski definition) is 2. The van der Waals surface area contributed by atoms with E-state index in [2.05, 4.69) is 20.6 Å². The number of sulfone groups is 1. The van der Waals surface area contributed by atoms with Crippen molar-refractivity contribution in [2.75, 3.05) is 31.6 Å². The van der Waals surface area contributed by atoms with Gasteiger partial charge in [-0.1, -0.05) is 6.07 Å². The minimum atomic E-state index is -2.95. The van der Waals surface area contributed by atoms with Gasteiger partial charge in [0.2, 0.25) is 0 Å². The normalized spacial score (nSPS) is 18.1. The monoisotopic (exact) mass is 567 g/mol. The molecule has 176 valence electrons. The van der Waals surface area contributed by atoms with Crippen molar-refractivity contribution in [1.29, 1.82) is 0 Å².